The SMILES string of the molecule is COC(CNC(=O)CCNS(=O)(=O)c1ccccc1)C(=O)O. The highest BCUT2D eigenvalue weighted by Gasteiger charge is 2.17. The van der Waals surface area contributed by atoms with Gasteiger partial charge in [-0.25, -0.2) is 17.9 Å². The van der Waals surface area contributed by atoms with Crippen molar-refractivity contribution in [3.05, 3.63) is 30.3 Å². The molecule has 1 amide bonds. The molecule has 0 aliphatic carbocycles. The molecular weight excluding hydrogens is 312 g/mol. The number of carbonyl (C=O) groups excluding carboxylic acids is 1. The first-order chi connectivity index (χ1) is 10.4. The van der Waals surface area contributed by atoms with E-state index < -0.39 is 28.0 Å². The van der Waals surface area contributed by atoms with E-state index in [1.165, 1.54) is 19.2 Å². The molecule has 0 aromatic heterocycles. The molecule has 9 heteroatoms. The van der Waals surface area contributed by atoms with Crippen LogP contribution >= 0.6 is 0 Å². The molecule has 22 heavy (non-hydrogen) atoms. The fourth-order valence-electron chi connectivity index (χ4n) is 1.55. The minimum Gasteiger partial charge on any atom is -0.479 e. The maximum Gasteiger partial charge on any atom is 0.334 e. The maximum atomic E-state index is 11.9. The lowest BCUT2D eigenvalue weighted by Crippen LogP contribution is -2.39. The molecule has 1 aromatic carbocycles. The summed E-state index contributed by atoms with van der Waals surface area (Å²) in [5.41, 5.74) is 0. The van der Waals surface area contributed by atoms with E-state index in [4.69, 9.17) is 5.11 Å². The molecule has 1 atom stereocenters. The highest BCUT2D eigenvalue weighted by atomic mass is 32.2. The van der Waals surface area contributed by atoms with Crippen LogP contribution in [0.3, 0.4) is 0 Å². The number of hydrogen-bond donors (Lipinski definition) is 3. The topological polar surface area (TPSA) is 122 Å². The van der Waals surface area contributed by atoms with Crippen LogP contribution in [-0.2, 0) is 24.3 Å². The number of carbonyl (C=O) groups is 2. The van der Waals surface area contributed by atoms with Crippen LogP contribution in [0.25, 0.3) is 0 Å². The smallest absolute Gasteiger partial charge is 0.334 e. The third kappa shape index (κ3) is 5.80. The van der Waals surface area contributed by atoms with E-state index >= 15 is 0 Å². The van der Waals surface area contributed by atoms with E-state index in [1.54, 1.807) is 18.2 Å². The first-order valence-electron chi connectivity index (χ1n) is 6.44. The average molecular weight is 330 g/mol. The summed E-state index contributed by atoms with van der Waals surface area (Å²) in [6.45, 7) is -0.274. The first-order valence-corrected chi connectivity index (χ1v) is 7.92. The molecule has 0 saturated heterocycles. The summed E-state index contributed by atoms with van der Waals surface area (Å²) in [7, 11) is -2.43. The second-order valence-corrected chi connectivity index (χ2v) is 6.09. The number of hydrogen-bond acceptors (Lipinski definition) is 5. The summed E-state index contributed by atoms with van der Waals surface area (Å²) >= 11 is 0. The summed E-state index contributed by atoms with van der Waals surface area (Å²) in [6, 6.07) is 7.77. The Morgan fingerprint density at radius 1 is 1.27 bits per heavy atom. The highest BCUT2D eigenvalue weighted by Crippen LogP contribution is 2.06. The Morgan fingerprint density at radius 3 is 2.45 bits per heavy atom. The van der Waals surface area contributed by atoms with Gasteiger partial charge in [-0.1, -0.05) is 18.2 Å². The quantitative estimate of drug-likeness (QED) is 0.565. The molecule has 0 spiro atoms. The molecule has 122 valence electrons. The number of methoxy groups -OCH3 is 1. The van der Waals surface area contributed by atoms with E-state index in [0.717, 1.165) is 0 Å². The lowest BCUT2D eigenvalue weighted by atomic mass is 10.3. The number of nitrogens with one attached hydrogen (secondary N) is 2. The summed E-state index contributed by atoms with van der Waals surface area (Å²) in [4.78, 5) is 22.3. The first kappa shape index (κ1) is 18.1. The van der Waals surface area contributed by atoms with Gasteiger partial charge in [0.2, 0.25) is 15.9 Å². The molecule has 0 fully saturated rings. The Balaban J connectivity index is 2.38. The molecule has 1 rings (SSSR count). The van der Waals surface area contributed by atoms with Gasteiger partial charge in [-0.3, -0.25) is 4.79 Å². The Kier molecular flexibility index (Phi) is 6.96. The summed E-state index contributed by atoms with van der Waals surface area (Å²) in [5, 5.41) is 11.1. The summed E-state index contributed by atoms with van der Waals surface area (Å²) < 4.78 is 30.7. The van der Waals surface area contributed by atoms with Crippen LogP contribution in [0, 0.1) is 0 Å². The minimum atomic E-state index is -3.65. The largest absolute Gasteiger partial charge is 0.479 e. The van der Waals surface area contributed by atoms with Crippen LogP contribution in [0.15, 0.2) is 35.2 Å². The molecule has 0 saturated carbocycles. The van der Waals surface area contributed by atoms with Crippen molar-refractivity contribution in [2.45, 2.75) is 17.4 Å². The zero-order valence-corrected chi connectivity index (χ0v) is 12.8. The van der Waals surface area contributed by atoms with Gasteiger partial charge < -0.3 is 15.2 Å². The van der Waals surface area contributed by atoms with Gasteiger partial charge in [-0.05, 0) is 12.1 Å². The van der Waals surface area contributed by atoms with Crippen LogP contribution in [-0.4, -0.2) is 51.7 Å². The number of aliphatic carboxylic acids is 1. The van der Waals surface area contributed by atoms with Crippen LogP contribution in [0.2, 0.25) is 0 Å². The minimum absolute atomic E-state index is 0.0895. The molecule has 8 nitrogen and oxygen atoms in total. The Bertz CT molecular complexity index is 602. The average Bonchev–Trinajstić information content (AvgIpc) is 2.48. The van der Waals surface area contributed by atoms with E-state index in [-0.39, 0.29) is 24.4 Å². The third-order valence-corrected chi connectivity index (χ3v) is 4.22. The van der Waals surface area contributed by atoms with Crippen LogP contribution in [0.5, 0.6) is 0 Å². The van der Waals surface area contributed by atoms with Crippen molar-refractivity contribution in [1.82, 2.24) is 10.0 Å². The van der Waals surface area contributed by atoms with Crippen LogP contribution < -0.4 is 10.0 Å². The Hall–Kier alpha value is -1.97. The molecule has 3 N–H and O–H groups in total. The normalized spacial score (nSPS) is 12.6. The van der Waals surface area contributed by atoms with Crippen molar-refractivity contribution < 1.29 is 27.9 Å². The van der Waals surface area contributed by atoms with Gasteiger partial charge in [0.05, 0.1) is 11.4 Å². The molecule has 1 aromatic rings. The standard InChI is InChI=1S/C13H18N2O6S/c1-21-11(13(17)18)9-14-12(16)7-8-15-22(19,20)10-5-3-2-4-6-10/h2-6,11,15H,7-9H2,1H3,(H,14,16)(H,17,18). The number of benzene rings is 1. The monoisotopic (exact) mass is 330 g/mol. The number of carboxylic acids is 1. The predicted octanol–water partition coefficient (Wildman–Crippen LogP) is -0.429. The number of ether oxygens (including phenoxy) is 1. The van der Waals surface area contributed by atoms with Crippen molar-refractivity contribution in [3.63, 3.8) is 0 Å². The van der Waals surface area contributed by atoms with Gasteiger partial charge in [-0.15, -0.1) is 0 Å². The third-order valence-electron chi connectivity index (χ3n) is 2.74. The van der Waals surface area contributed by atoms with Crippen molar-refractivity contribution in [1.29, 1.82) is 0 Å². The zero-order valence-electron chi connectivity index (χ0n) is 12.0. The number of carboxylic acid groups (broad SMARTS) is 1. The summed E-state index contributed by atoms with van der Waals surface area (Å²) in [5.74, 6) is -1.66. The zero-order chi connectivity index (χ0) is 16.6. The lowest BCUT2D eigenvalue weighted by molar-refractivity contribution is -0.148. The van der Waals surface area contributed by atoms with Gasteiger partial charge in [0.1, 0.15) is 0 Å². The molecular formula is C13H18N2O6S. The van der Waals surface area contributed by atoms with Gasteiger partial charge >= 0.3 is 5.97 Å². The van der Waals surface area contributed by atoms with E-state index in [2.05, 4.69) is 14.8 Å². The van der Waals surface area contributed by atoms with Gasteiger partial charge in [0.25, 0.3) is 0 Å². The molecule has 0 aliphatic rings. The molecule has 0 bridgehead atoms. The predicted molar refractivity (Wildman–Crippen MR) is 77.7 cm³/mol. The number of sulfonamides is 1. The van der Waals surface area contributed by atoms with Gasteiger partial charge in [-0.2, -0.15) is 0 Å². The van der Waals surface area contributed by atoms with Crippen LogP contribution in [0.4, 0.5) is 0 Å². The molecule has 0 heterocycles. The lowest BCUT2D eigenvalue weighted by Gasteiger charge is -2.11. The summed E-state index contributed by atoms with van der Waals surface area (Å²) in [6.07, 6.45) is -1.24. The number of amides is 1. The van der Waals surface area contributed by atoms with E-state index in [0.29, 0.717) is 0 Å². The Morgan fingerprint density at radius 2 is 1.91 bits per heavy atom. The second kappa shape index (κ2) is 8.47. The van der Waals surface area contributed by atoms with Crippen molar-refractivity contribution in [2.24, 2.45) is 0 Å². The fraction of sp³-hybridized carbons (Fsp3) is 0.385. The highest BCUT2D eigenvalue weighted by molar-refractivity contribution is 7.89. The van der Waals surface area contributed by atoms with Crippen molar-refractivity contribution in [3.8, 4) is 0 Å². The van der Waals surface area contributed by atoms with E-state index in [9.17, 15) is 18.0 Å². The van der Waals surface area contributed by atoms with Gasteiger partial charge in [0, 0.05) is 20.1 Å². The van der Waals surface area contributed by atoms with Crippen molar-refractivity contribution >= 4 is 21.9 Å². The van der Waals surface area contributed by atoms with Crippen molar-refractivity contribution in [2.75, 3.05) is 20.2 Å². The molecule has 0 radical (unpaired) electrons. The molecule has 0 aliphatic heterocycles. The van der Waals surface area contributed by atoms with E-state index in [1.807, 2.05) is 0 Å². The molecule has 1 unspecified atom stereocenters. The second-order valence-electron chi connectivity index (χ2n) is 4.33. The van der Waals surface area contributed by atoms with Crippen LogP contribution in [0.1, 0.15) is 6.42 Å². The Labute approximate surface area is 128 Å². The fourth-order valence-corrected chi connectivity index (χ4v) is 2.60. The maximum absolute atomic E-state index is 11.9. The van der Waals surface area contributed by atoms with Gasteiger partial charge in [0.15, 0.2) is 6.10 Å². The number of rotatable bonds is 9.